The molecule has 2 amide bonds. The average molecular weight is 405 g/mol. The predicted octanol–water partition coefficient (Wildman–Crippen LogP) is 4.47. The van der Waals surface area contributed by atoms with Crippen LogP contribution in [0, 0.1) is 5.92 Å². The van der Waals surface area contributed by atoms with Crippen LogP contribution < -0.4 is 9.96 Å². The molecule has 2 heterocycles. The number of rotatable bonds is 4. The van der Waals surface area contributed by atoms with Crippen molar-refractivity contribution in [3.63, 3.8) is 0 Å². The van der Waals surface area contributed by atoms with Crippen molar-refractivity contribution < 1.29 is 14.4 Å². The summed E-state index contributed by atoms with van der Waals surface area (Å²) in [6.45, 7) is 2.05. The maximum absolute atomic E-state index is 13.2. The molecule has 0 saturated carbocycles. The van der Waals surface area contributed by atoms with E-state index in [0.29, 0.717) is 15.7 Å². The molecule has 0 aromatic heterocycles. The van der Waals surface area contributed by atoms with Gasteiger partial charge in [0.05, 0.1) is 33.4 Å². The number of imide groups is 1. The van der Waals surface area contributed by atoms with Gasteiger partial charge in [-0.3, -0.25) is 14.4 Å². The molecule has 0 bridgehead atoms. The summed E-state index contributed by atoms with van der Waals surface area (Å²) in [7, 11) is 0. The number of hydrogen-bond acceptors (Lipinski definition) is 4. The lowest BCUT2D eigenvalue weighted by molar-refractivity contribution is -0.126. The van der Waals surface area contributed by atoms with Crippen molar-refractivity contribution in [2.45, 2.75) is 31.9 Å². The zero-order chi connectivity index (χ0) is 19.1. The van der Waals surface area contributed by atoms with E-state index in [1.165, 1.54) is 11.0 Å². The molecule has 2 aliphatic rings. The van der Waals surface area contributed by atoms with Gasteiger partial charge in [0, 0.05) is 0 Å². The molecular formula is C20H18Cl2N2O3. The Kier molecular flexibility index (Phi) is 4.84. The number of hydroxylamine groups is 1. The number of benzene rings is 2. The lowest BCUT2D eigenvalue weighted by Gasteiger charge is -2.28. The SMILES string of the molecule is CCC[C@@H]1[C@H]2C(=O)N(c3ccc(Cl)c(Cl)c3)C(=O)[C@@H]2ON1c1ccccc1. The first-order chi connectivity index (χ1) is 13.0. The fourth-order valence-electron chi connectivity index (χ4n) is 3.79. The number of carbonyl (C=O) groups excluding carboxylic acids is 2. The number of nitrogens with zero attached hydrogens (tertiary/aromatic N) is 2. The number of halogens is 2. The van der Waals surface area contributed by atoms with Crippen molar-refractivity contribution in [2.75, 3.05) is 9.96 Å². The summed E-state index contributed by atoms with van der Waals surface area (Å²) < 4.78 is 0. The van der Waals surface area contributed by atoms with Crippen molar-refractivity contribution in [3.8, 4) is 0 Å². The van der Waals surface area contributed by atoms with Gasteiger partial charge in [0.25, 0.3) is 5.91 Å². The fourth-order valence-corrected chi connectivity index (χ4v) is 4.08. The zero-order valence-electron chi connectivity index (χ0n) is 14.6. The Morgan fingerprint density at radius 2 is 1.70 bits per heavy atom. The standard InChI is InChI=1S/C20H18Cl2N2O3/c1-2-6-16-17-18(27-24(16)12-7-4-3-5-8-12)20(26)23(19(17)25)13-9-10-14(21)15(22)11-13/h3-5,7-11,16-18H,2,6H2,1H3/t16-,17-,18-/m1/s1. The van der Waals surface area contributed by atoms with Crippen LogP contribution in [-0.2, 0) is 14.4 Å². The average Bonchev–Trinajstić information content (AvgIpc) is 3.15. The Bertz CT molecular complexity index is 890. The van der Waals surface area contributed by atoms with E-state index >= 15 is 0 Å². The van der Waals surface area contributed by atoms with Crippen LogP contribution in [0.3, 0.4) is 0 Å². The number of anilines is 2. The largest absolute Gasteiger partial charge is 0.273 e. The second-order valence-electron chi connectivity index (χ2n) is 6.68. The summed E-state index contributed by atoms with van der Waals surface area (Å²) in [5, 5.41) is 2.39. The highest BCUT2D eigenvalue weighted by molar-refractivity contribution is 6.42. The van der Waals surface area contributed by atoms with E-state index in [0.717, 1.165) is 18.5 Å². The van der Waals surface area contributed by atoms with Crippen molar-refractivity contribution >= 4 is 46.4 Å². The molecular weight excluding hydrogens is 387 g/mol. The Balaban J connectivity index is 1.68. The number of para-hydroxylation sites is 1. The molecule has 4 rings (SSSR count). The van der Waals surface area contributed by atoms with Crippen LogP contribution >= 0.6 is 23.2 Å². The van der Waals surface area contributed by atoms with Gasteiger partial charge in [-0.25, -0.2) is 9.96 Å². The van der Waals surface area contributed by atoms with E-state index in [1.54, 1.807) is 17.2 Å². The van der Waals surface area contributed by atoms with Gasteiger partial charge in [0.1, 0.15) is 0 Å². The molecule has 27 heavy (non-hydrogen) atoms. The van der Waals surface area contributed by atoms with E-state index in [9.17, 15) is 9.59 Å². The van der Waals surface area contributed by atoms with Gasteiger partial charge in [-0.05, 0) is 36.8 Å². The van der Waals surface area contributed by atoms with Gasteiger partial charge in [0.2, 0.25) is 5.91 Å². The van der Waals surface area contributed by atoms with E-state index in [-0.39, 0.29) is 17.9 Å². The summed E-state index contributed by atoms with van der Waals surface area (Å²) in [5.74, 6) is -1.18. The van der Waals surface area contributed by atoms with Crippen LogP contribution in [0.5, 0.6) is 0 Å². The highest BCUT2D eigenvalue weighted by atomic mass is 35.5. The molecule has 0 unspecified atom stereocenters. The summed E-state index contributed by atoms with van der Waals surface area (Å²) in [6.07, 6.45) is 0.780. The highest BCUT2D eigenvalue weighted by Gasteiger charge is 2.59. The zero-order valence-corrected chi connectivity index (χ0v) is 16.2. The molecule has 2 aromatic rings. The van der Waals surface area contributed by atoms with Gasteiger partial charge in [-0.1, -0.05) is 54.7 Å². The van der Waals surface area contributed by atoms with Crippen LogP contribution in [-0.4, -0.2) is 24.0 Å². The minimum Gasteiger partial charge on any atom is -0.273 e. The van der Waals surface area contributed by atoms with Gasteiger partial charge < -0.3 is 0 Å². The van der Waals surface area contributed by atoms with E-state index in [2.05, 4.69) is 6.92 Å². The Hall–Kier alpha value is -2.08. The maximum Gasteiger partial charge on any atom is 0.266 e. The molecule has 3 atom stereocenters. The van der Waals surface area contributed by atoms with Gasteiger partial charge in [-0.2, -0.15) is 0 Å². The van der Waals surface area contributed by atoms with Crippen molar-refractivity contribution in [3.05, 3.63) is 58.6 Å². The third-order valence-corrected chi connectivity index (χ3v) is 5.73. The van der Waals surface area contributed by atoms with Crippen molar-refractivity contribution in [2.24, 2.45) is 5.92 Å². The number of fused-ring (bicyclic) bond motifs is 1. The first-order valence-corrected chi connectivity index (χ1v) is 9.62. The minimum atomic E-state index is -0.830. The molecule has 140 valence electrons. The van der Waals surface area contributed by atoms with Gasteiger partial charge >= 0.3 is 0 Å². The van der Waals surface area contributed by atoms with Crippen LogP contribution in [0.1, 0.15) is 19.8 Å². The van der Waals surface area contributed by atoms with Crippen LogP contribution in [0.25, 0.3) is 0 Å². The van der Waals surface area contributed by atoms with E-state index in [4.69, 9.17) is 28.0 Å². The molecule has 0 spiro atoms. The molecule has 2 fully saturated rings. The third kappa shape index (κ3) is 3.00. The fraction of sp³-hybridized carbons (Fsp3) is 0.300. The number of amides is 2. The smallest absolute Gasteiger partial charge is 0.266 e. The molecule has 2 aliphatic heterocycles. The van der Waals surface area contributed by atoms with E-state index in [1.807, 2.05) is 30.3 Å². The Morgan fingerprint density at radius 1 is 0.963 bits per heavy atom. The molecule has 0 aliphatic carbocycles. The summed E-state index contributed by atoms with van der Waals surface area (Å²) in [4.78, 5) is 33.3. The predicted molar refractivity (Wildman–Crippen MR) is 105 cm³/mol. The summed E-state index contributed by atoms with van der Waals surface area (Å²) in [5.41, 5.74) is 1.26. The molecule has 2 aromatic carbocycles. The maximum atomic E-state index is 13.2. The van der Waals surface area contributed by atoms with Gasteiger partial charge in [0.15, 0.2) is 6.10 Å². The Morgan fingerprint density at radius 3 is 2.37 bits per heavy atom. The van der Waals surface area contributed by atoms with Crippen LogP contribution in [0.15, 0.2) is 48.5 Å². The molecule has 7 heteroatoms. The van der Waals surface area contributed by atoms with Crippen LogP contribution in [0.4, 0.5) is 11.4 Å². The molecule has 2 saturated heterocycles. The quantitative estimate of drug-likeness (QED) is 0.705. The third-order valence-electron chi connectivity index (χ3n) is 4.99. The lowest BCUT2D eigenvalue weighted by Crippen LogP contribution is -2.40. The number of hydrogen-bond donors (Lipinski definition) is 0. The second kappa shape index (κ2) is 7.15. The highest BCUT2D eigenvalue weighted by Crippen LogP contribution is 2.42. The minimum absolute atomic E-state index is 0.202. The monoisotopic (exact) mass is 404 g/mol. The summed E-state index contributed by atoms with van der Waals surface area (Å²) in [6, 6.07) is 14.1. The topological polar surface area (TPSA) is 49.9 Å². The van der Waals surface area contributed by atoms with Crippen molar-refractivity contribution in [1.29, 1.82) is 0 Å². The number of carbonyl (C=O) groups is 2. The summed E-state index contributed by atoms with van der Waals surface area (Å²) >= 11 is 12.0. The van der Waals surface area contributed by atoms with Gasteiger partial charge in [-0.15, -0.1) is 0 Å². The van der Waals surface area contributed by atoms with E-state index < -0.39 is 12.0 Å². The first-order valence-electron chi connectivity index (χ1n) is 8.87. The second-order valence-corrected chi connectivity index (χ2v) is 7.49. The van der Waals surface area contributed by atoms with Crippen molar-refractivity contribution in [1.82, 2.24) is 0 Å². The lowest BCUT2D eigenvalue weighted by atomic mass is 9.93. The first kappa shape index (κ1) is 18.3. The molecule has 0 radical (unpaired) electrons. The normalized spacial score (nSPS) is 24.6. The molecule has 5 nitrogen and oxygen atoms in total. The Labute approximate surface area is 167 Å². The van der Waals surface area contributed by atoms with Crippen LogP contribution in [0.2, 0.25) is 10.0 Å². The molecule has 0 N–H and O–H groups in total.